The number of nitrogens with one attached hydrogen (secondary N) is 1. The molecule has 0 radical (unpaired) electrons. The van der Waals surface area contributed by atoms with Crippen LogP contribution in [0.5, 0.6) is 0 Å². The monoisotopic (exact) mass is 285 g/mol. The van der Waals surface area contributed by atoms with E-state index in [4.69, 9.17) is 4.74 Å². The molecule has 1 amide bonds. The lowest BCUT2D eigenvalue weighted by Crippen LogP contribution is -2.62. The molecular weight excluding hydrogens is 270 g/mol. The Morgan fingerprint density at radius 2 is 2.20 bits per heavy atom. The number of carbonyl (C=O) groups excluding carboxylic acids is 1. The molecule has 0 aliphatic carbocycles. The Bertz CT molecular complexity index is 475. The molecule has 0 saturated carbocycles. The van der Waals surface area contributed by atoms with E-state index in [9.17, 15) is 30.5 Å². The van der Waals surface area contributed by atoms with Crippen LogP contribution in [0.4, 0.5) is 0 Å². The molecule has 5 N–H and O–H groups in total. The molecule has 0 spiro atoms. The summed E-state index contributed by atoms with van der Waals surface area (Å²) in [6, 6.07) is 1.68. The van der Waals surface area contributed by atoms with E-state index in [2.05, 4.69) is 5.32 Å². The van der Waals surface area contributed by atoms with Crippen LogP contribution in [0.2, 0.25) is 0 Å². The number of amides is 1. The fourth-order valence-corrected chi connectivity index (χ4v) is 2.27. The van der Waals surface area contributed by atoms with Gasteiger partial charge < -0.3 is 30.5 Å². The molecule has 6 unspecified atom stereocenters. The Morgan fingerprint density at radius 3 is 2.65 bits per heavy atom. The Hall–Kier alpha value is -1.70. The second kappa shape index (κ2) is 5.01. The third-order valence-corrected chi connectivity index (χ3v) is 3.32. The van der Waals surface area contributed by atoms with Gasteiger partial charge in [-0.15, -0.1) is 0 Å². The van der Waals surface area contributed by atoms with Gasteiger partial charge in [0.05, 0.1) is 6.10 Å². The summed E-state index contributed by atoms with van der Waals surface area (Å²) in [4.78, 5) is 12.0. The average Bonchev–Trinajstić information content (AvgIpc) is 2.64. The van der Waals surface area contributed by atoms with E-state index in [1.165, 1.54) is 6.92 Å². The molecule has 9 heteroatoms. The number of hydrogen-bond donors (Lipinski definition) is 5. The molecule has 2 aliphatic rings. The predicted octanol–water partition coefficient (Wildman–Crippen LogP) is -3.07. The van der Waals surface area contributed by atoms with Gasteiger partial charge in [-0.1, -0.05) is 0 Å². The van der Waals surface area contributed by atoms with Crippen molar-refractivity contribution in [2.45, 2.75) is 43.4 Å². The van der Waals surface area contributed by atoms with Crippen LogP contribution in [0, 0.1) is 11.3 Å². The van der Waals surface area contributed by atoms with Crippen LogP contribution in [0.1, 0.15) is 6.92 Å². The lowest BCUT2D eigenvalue weighted by molar-refractivity contribution is -0.193. The molecule has 9 nitrogen and oxygen atoms in total. The number of carbonyl (C=O) groups is 1. The second-order valence-corrected chi connectivity index (χ2v) is 4.67. The number of rotatable bonds is 2. The molecule has 2 aliphatic heterocycles. The zero-order valence-corrected chi connectivity index (χ0v) is 10.5. The molecular formula is C11H15N3O6. The fraction of sp³-hybridized carbons (Fsp3) is 0.636. The van der Waals surface area contributed by atoms with E-state index in [0.29, 0.717) is 0 Å². The average molecular weight is 285 g/mol. The van der Waals surface area contributed by atoms with Gasteiger partial charge in [0.1, 0.15) is 24.4 Å². The van der Waals surface area contributed by atoms with Crippen molar-refractivity contribution in [2.24, 2.45) is 0 Å². The topological polar surface area (TPSA) is 146 Å². The summed E-state index contributed by atoms with van der Waals surface area (Å²) in [5.41, 5.74) is -2.12. The minimum Gasteiger partial charge on any atom is -0.391 e. The highest BCUT2D eigenvalue weighted by Crippen LogP contribution is 2.36. The Balaban J connectivity index is 2.38. The summed E-state index contributed by atoms with van der Waals surface area (Å²) in [6.07, 6.45) is -5.08. The number of hydrogen-bond acceptors (Lipinski definition) is 8. The van der Waals surface area contributed by atoms with Crippen molar-refractivity contribution in [1.82, 2.24) is 10.2 Å². The number of nitriles is 1. The third-order valence-electron chi connectivity index (χ3n) is 3.32. The molecule has 1 saturated heterocycles. The summed E-state index contributed by atoms with van der Waals surface area (Å²) >= 11 is 0. The van der Waals surface area contributed by atoms with E-state index in [0.717, 1.165) is 17.2 Å². The maximum Gasteiger partial charge on any atom is 0.263 e. The Morgan fingerprint density at radius 1 is 1.55 bits per heavy atom. The quantitative estimate of drug-likeness (QED) is 0.359. The van der Waals surface area contributed by atoms with E-state index in [1.807, 2.05) is 0 Å². The maximum atomic E-state index is 11.1. The highest BCUT2D eigenvalue weighted by molar-refractivity contribution is 5.88. The lowest BCUT2D eigenvalue weighted by atomic mass is 10.0. The third kappa shape index (κ3) is 2.04. The maximum absolute atomic E-state index is 11.1. The minimum atomic E-state index is -2.12. The number of ether oxygens (including phenoxy) is 1. The zero-order valence-electron chi connectivity index (χ0n) is 10.5. The molecule has 0 aromatic rings. The molecule has 20 heavy (non-hydrogen) atoms. The molecule has 0 bridgehead atoms. The number of nitrogens with zero attached hydrogens (tertiary/aromatic N) is 2. The van der Waals surface area contributed by atoms with E-state index in [1.54, 1.807) is 6.07 Å². The first-order valence-electron chi connectivity index (χ1n) is 5.92. The van der Waals surface area contributed by atoms with Gasteiger partial charge >= 0.3 is 0 Å². The van der Waals surface area contributed by atoms with Crippen molar-refractivity contribution in [1.29, 1.82) is 5.26 Å². The van der Waals surface area contributed by atoms with E-state index >= 15 is 0 Å². The molecule has 2 heterocycles. The Labute approximate surface area is 114 Å². The summed E-state index contributed by atoms with van der Waals surface area (Å²) in [5.74, 6) is -0.582. The van der Waals surface area contributed by atoms with Crippen molar-refractivity contribution in [3.05, 3.63) is 12.3 Å². The van der Waals surface area contributed by atoms with Crippen LogP contribution in [-0.4, -0.2) is 67.7 Å². The van der Waals surface area contributed by atoms with Gasteiger partial charge in [0.15, 0.2) is 0 Å². The van der Waals surface area contributed by atoms with Gasteiger partial charge in [-0.2, -0.15) is 5.26 Å². The standard InChI is InChI=1S/C11H15N3O6/c1-5(15)8-7(17)9(18)11(4-12,20-8)14-3-2-6(16)13-10(14)19/h2-3,5,7-10,15,17-19H,1H3,(H,13,16). The first kappa shape index (κ1) is 14.7. The fourth-order valence-electron chi connectivity index (χ4n) is 2.27. The summed E-state index contributed by atoms with van der Waals surface area (Å²) in [7, 11) is 0. The summed E-state index contributed by atoms with van der Waals surface area (Å²) in [6.45, 7) is 1.33. The first-order valence-corrected chi connectivity index (χ1v) is 5.92. The van der Waals surface area contributed by atoms with Gasteiger partial charge in [0, 0.05) is 12.3 Å². The first-order chi connectivity index (χ1) is 9.33. The molecule has 0 aromatic heterocycles. The molecule has 2 rings (SSSR count). The van der Waals surface area contributed by atoms with Crippen LogP contribution >= 0.6 is 0 Å². The SMILES string of the molecule is CC(O)C1OC(C#N)(N2C=CC(=O)NC2O)C(O)C1O. The van der Waals surface area contributed by atoms with Crippen LogP contribution in [0.25, 0.3) is 0 Å². The highest BCUT2D eigenvalue weighted by atomic mass is 16.6. The van der Waals surface area contributed by atoms with E-state index < -0.39 is 42.4 Å². The normalized spacial score (nSPS) is 42.2. The number of aliphatic hydroxyl groups excluding tert-OH is 4. The van der Waals surface area contributed by atoms with Crippen LogP contribution in [-0.2, 0) is 9.53 Å². The van der Waals surface area contributed by atoms with Crippen molar-refractivity contribution >= 4 is 5.91 Å². The second-order valence-electron chi connectivity index (χ2n) is 4.67. The lowest BCUT2D eigenvalue weighted by Gasteiger charge is -2.40. The van der Waals surface area contributed by atoms with Gasteiger partial charge in [-0.25, -0.2) is 0 Å². The van der Waals surface area contributed by atoms with E-state index in [-0.39, 0.29) is 0 Å². The van der Waals surface area contributed by atoms with Gasteiger partial charge in [0.25, 0.3) is 5.72 Å². The van der Waals surface area contributed by atoms with Crippen molar-refractivity contribution < 1.29 is 30.0 Å². The predicted molar refractivity (Wildman–Crippen MR) is 62.0 cm³/mol. The summed E-state index contributed by atoms with van der Waals surface area (Å²) in [5, 5.41) is 50.6. The molecule has 1 fully saturated rings. The smallest absolute Gasteiger partial charge is 0.263 e. The molecule has 0 aromatic carbocycles. The zero-order chi connectivity index (χ0) is 15.1. The molecule has 6 atom stereocenters. The Kier molecular flexibility index (Phi) is 3.68. The van der Waals surface area contributed by atoms with Gasteiger partial charge in [-0.05, 0) is 6.92 Å². The molecule has 110 valence electrons. The highest BCUT2D eigenvalue weighted by Gasteiger charge is 2.60. The van der Waals surface area contributed by atoms with Crippen molar-refractivity contribution in [3.63, 3.8) is 0 Å². The van der Waals surface area contributed by atoms with Gasteiger partial charge in [0.2, 0.25) is 12.3 Å². The van der Waals surface area contributed by atoms with Crippen LogP contribution in [0.3, 0.4) is 0 Å². The van der Waals surface area contributed by atoms with Crippen LogP contribution in [0.15, 0.2) is 12.3 Å². The number of aliphatic hydroxyl groups is 4. The minimum absolute atomic E-state index is 0.582. The largest absolute Gasteiger partial charge is 0.391 e. The van der Waals surface area contributed by atoms with Crippen molar-refractivity contribution in [2.75, 3.05) is 0 Å². The van der Waals surface area contributed by atoms with Gasteiger partial charge in [-0.3, -0.25) is 9.69 Å². The van der Waals surface area contributed by atoms with Crippen LogP contribution < -0.4 is 5.32 Å². The van der Waals surface area contributed by atoms with Crippen molar-refractivity contribution in [3.8, 4) is 6.07 Å². The summed E-state index contributed by atoms with van der Waals surface area (Å²) < 4.78 is 5.28.